The van der Waals surface area contributed by atoms with E-state index in [9.17, 15) is 0 Å². The lowest BCUT2D eigenvalue weighted by molar-refractivity contribution is 0.229. The van der Waals surface area contributed by atoms with Crippen molar-refractivity contribution in [3.05, 3.63) is 0 Å². The van der Waals surface area contributed by atoms with Crippen LogP contribution in [0.15, 0.2) is 0 Å². The highest BCUT2D eigenvalue weighted by Crippen LogP contribution is 2.03. The van der Waals surface area contributed by atoms with Crippen LogP contribution in [0.1, 0.15) is 6.42 Å². The maximum Gasteiger partial charge on any atom is 0.0322 e. The summed E-state index contributed by atoms with van der Waals surface area (Å²) in [4.78, 5) is 2.22. The standard InChI is InChI=1S/C6H15N3/c1-9-3-2-5(7)6(8)4-9/h5-6H,2-4,7-8H2,1H3/t5-,6?/m1/s1. The molecule has 1 aliphatic heterocycles. The first-order chi connectivity index (χ1) is 4.20. The lowest BCUT2D eigenvalue weighted by Crippen LogP contribution is -2.53. The van der Waals surface area contributed by atoms with Gasteiger partial charge < -0.3 is 16.4 Å². The molecule has 0 saturated carbocycles. The third-order valence-electron chi connectivity index (χ3n) is 1.92. The fourth-order valence-corrected chi connectivity index (χ4v) is 1.17. The molecule has 0 bridgehead atoms. The maximum absolute atomic E-state index is 5.70. The first-order valence-electron chi connectivity index (χ1n) is 3.40. The van der Waals surface area contributed by atoms with Gasteiger partial charge in [-0.1, -0.05) is 0 Å². The molecule has 2 atom stereocenters. The number of likely N-dealkylation sites (tertiary alicyclic amines) is 1. The average molecular weight is 129 g/mol. The molecule has 3 heteroatoms. The molecule has 0 aliphatic carbocycles. The molecular weight excluding hydrogens is 114 g/mol. The van der Waals surface area contributed by atoms with Crippen LogP contribution < -0.4 is 11.5 Å². The van der Waals surface area contributed by atoms with Crippen molar-refractivity contribution in [3.63, 3.8) is 0 Å². The quantitative estimate of drug-likeness (QED) is 0.440. The van der Waals surface area contributed by atoms with Crippen LogP contribution in [0.2, 0.25) is 0 Å². The highest BCUT2D eigenvalue weighted by atomic mass is 15.1. The molecule has 3 nitrogen and oxygen atoms in total. The van der Waals surface area contributed by atoms with Crippen molar-refractivity contribution >= 4 is 0 Å². The minimum absolute atomic E-state index is 0.184. The normalized spacial score (nSPS) is 39.0. The van der Waals surface area contributed by atoms with Crippen molar-refractivity contribution in [1.82, 2.24) is 4.90 Å². The Labute approximate surface area is 56.0 Å². The van der Waals surface area contributed by atoms with Gasteiger partial charge in [0.2, 0.25) is 0 Å². The predicted molar refractivity (Wildman–Crippen MR) is 38.1 cm³/mol. The van der Waals surface area contributed by atoms with Gasteiger partial charge in [0.05, 0.1) is 0 Å². The van der Waals surface area contributed by atoms with Crippen molar-refractivity contribution in [1.29, 1.82) is 0 Å². The number of nitrogens with zero attached hydrogens (tertiary/aromatic N) is 1. The number of rotatable bonds is 0. The van der Waals surface area contributed by atoms with E-state index in [-0.39, 0.29) is 12.1 Å². The van der Waals surface area contributed by atoms with Crippen LogP contribution >= 0.6 is 0 Å². The van der Waals surface area contributed by atoms with Crippen LogP contribution in [0.25, 0.3) is 0 Å². The van der Waals surface area contributed by atoms with E-state index in [4.69, 9.17) is 11.5 Å². The highest BCUT2D eigenvalue weighted by Gasteiger charge is 2.20. The van der Waals surface area contributed by atoms with E-state index < -0.39 is 0 Å². The van der Waals surface area contributed by atoms with E-state index in [1.807, 2.05) is 0 Å². The van der Waals surface area contributed by atoms with Crippen molar-refractivity contribution in [2.75, 3.05) is 20.1 Å². The zero-order valence-corrected chi connectivity index (χ0v) is 5.88. The van der Waals surface area contributed by atoms with Gasteiger partial charge >= 0.3 is 0 Å². The van der Waals surface area contributed by atoms with Crippen LogP contribution in [0.3, 0.4) is 0 Å². The summed E-state index contributed by atoms with van der Waals surface area (Å²) in [5.41, 5.74) is 11.4. The summed E-state index contributed by atoms with van der Waals surface area (Å²) in [6.07, 6.45) is 1.04. The van der Waals surface area contributed by atoms with Gasteiger partial charge in [-0.05, 0) is 20.0 Å². The average Bonchev–Trinajstić information content (AvgIpc) is 1.80. The number of likely N-dealkylation sites (N-methyl/N-ethyl adjacent to an activating group) is 1. The third kappa shape index (κ3) is 1.64. The van der Waals surface area contributed by atoms with Gasteiger partial charge in [0.15, 0.2) is 0 Å². The molecule has 1 saturated heterocycles. The Morgan fingerprint density at radius 2 is 2.00 bits per heavy atom. The fraction of sp³-hybridized carbons (Fsp3) is 1.00. The van der Waals surface area contributed by atoms with E-state index in [1.54, 1.807) is 0 Å². The van der Waals surface area contributed by atoms with Gasteiger partial charge in [-0.25, -0.2) is 0 Å². The number of hydrogen-bond acceptors (Lipinski definition) is 3. The summed E-state index contributed by atoms with van der Waals surface area (Å²) < 4.78 is 0. The summed E-state index contributed by atoms with van der Waals surface area (Å²) in [7, 11) is 2.08. The molecular formula is C6H15N3. The van der Waals surface area contributed by atoms with Gasteiger partial charge in [-0.2, -0.15) is 0 Å². The van der Waals surface area contributed by atoms with Crippen molar-refractivity contribution in [2.24, 2.45) is 11.5 Å². The Morgan fingerprint density at radius 1 is 1.33 bits per heavy atom. The summed E-state index contributed by atoms with van der Waals surface area (Å²) >= 11 is 0. The molecule has 1 unspecified atom stereocenters. The highest BCUT2D eigenvalue weighted by molar-refractivity contribution is 4.83. The summed E-state index contributed by atoms with van der Waals surface area (Å²) in [6.45, 7) is 2.04. The van der Waals surface area contributed by atoms with Crippen molar-refractivity contribution in [2.45, 2.75) is 18.5 Å². The molecule has 1 aliphatic rings. The lowest BCUT2D eigenvalue weighted by Gasteiger charge is -2.31. The Bertz CT molecular complexity index is 94.3. The first-order valence-corrected chi connectivity index (χ1v) is 3.40. The predicted octanol–water partition coefficient (Wildman–Crippen LogP) is -1.02. The lowest BCUT2D eigenvalue weighted by atomic mass is 10.0. The van der Waals surface area contributed by atoms with Crippen LogP contribution in [0.5, 0.6) is 0 Å². The smallest absolute Gasteiger partial charge is 0.0322 e. The van der Waals surface area contributed by atoms with Crippen molar-refractivity contribution < 1.29 is 0 Å². The maximum atomic E-state index is 5.70. The summed E-state index contributed by atoms with van der Waals surface area (Å²) in [5, 5.41) is 0. The number of hydrogen-bond donors (Lipinski definition) is 2. The van der Waals surface area contributed by atoms with E-state index in [0.717, 1.165) is 19.5 Å². The topological polar surface area (TPSA) is 55.3 Å². The Hall–Kier alpha value is -0.120. The van der Waals surface area contributed by atoms with Gasteiger partial charge in [-0.15, -0.1) is 0 Å². The second-order valence-electron chi connectivity index (χ2n) is 2.88. The molecule has 0 radical (unpaired) electrons. The molecule has 0 aromatic rings. The van der Waals surface area contributed by atoms with Crippen LogP contribution in [-0.2, 0) is 0 Å². The minimum Gasteiger partial charge on any atom is -0.326 e. The molecule has 1 heterocycles. The van der Waals surface area contributed by atoms with E-state index in [2.05, 4.69) is 11.9 Å². The molecule has 1 fully saturated rings. The largest absolute Gasteiger partial charge is 0.326 e. The molecule has 1 rings (SSSR count). The van der Waals surface area contributed by atoms with E-state index >= 15 is 0 Å². The molecule has 0 aromatic carbocycles. The first kappa shape index (κ1) is 6.99. The van der Waals surface area contributed by atoms with Crippen LogP contribution in [-0.4, -0.2) is 37.1 Å². The van der Waals surface area contributed by atoms with Crippen molar-refractivity contribution in [3.8, 4) is 0 Å². The Balaban J connectivity index is 2.35. The zero-order valence-electron chi connectivity index (χ0n) is 5.88. The fourth-order valence-electron chi connectivity index (χ4n) is 1.17. The molecule has 0 amide bonds. The van der Waals surface area contributed by atoms with E-state index in [0.29, 0.717) is 0 Å². The van der Waals surface area contributed by atoms with Gasteiger partial charge in [0.25, 0.3) is 0 Å². The van der Waals surface area contributed by atoms with Crippen LogP contribution in [0, 0.1) is 0 Å². The number of piperidine rings is 1. The van der Waals surface area contributed by atoms with Gasteiger partial charge in [0.1, 0.15) is 0 Å². The molecule has 9 heavy (non-hydrogen) atoms. The molecule has 0 aromatic heterocycles. The molecule has 0 spiro atoms. The second-order valence-corrected chi connectivity index (χ2v) is 2.88. The van der Waals surface area contributed by atoms with Crippen LogP contribution in [0.4, 0.5) is 0 Å². The molecule has 4 N–H and O–H groups in total. The summed E-state index contributed by atoms with van der Waals surface area (Å²) in [6, 6.07) is 0.407. The zero-order chi connectivity index (χ0) is 6.85. The Kier molecular flexibility index (Phi) is 2.05. The monoisotopic (exact) mass is 129 g/mol. The molecule has 54 valence electrons. The minimum atomic E-state index is 0.184. The third-order valence-corrected chi connectivity index (χ3v) is 1.92. The second kappa shape index (κ2) is 2.64. The van der Waals surface area contributed by atoms with Gasteiger partial charge in [-0.3, -0.25) is 0 Å². The number of nitrogens with two attached hydrogens (primary N) is 2. The SMILES string of the molecule is CN1CC[C@@H](N)C(N)C1. The van der Waals surface area contributed by atoms with E-state index in [1.165, 1.54) is 0 Å². The summed E-state index contributed by atoms with van der Waals surface area (Å²) in [5.74, 6) is 0. The van der Waals surface area contributed by atoms with Gasteiger partial charge in [0, 0.05) is 18.6 Å². The Morgan fingerprint density at radius 3 is 2.44 bits per heavy atom.